The van der Waals surface area contributed by atoms with Crippen molar-refractivity contribution >= 4 is 26.6 Å². The van der Waals surface area contributed by atoms with Gasteiger partial charge in [-0.05, 0) is 60.3 Å². The summed E-state index contributed by atoms with van der Waals surface area (Å²) in [5.41, 5.74) is 7.36. The molecule has 364 valence electrons. The fourth-order valence-corrected chi connectivity index (χ4v) is 10.4. The molecule has 0 spiro atoms. The number of benzene rings is 4. The van der Waals surface area contributed by atoms with Gasteiger partial charge >= 0.3 is 6.09 Å². The molecule has 1 heterocycles. The molecular weight excluding hydrogens is 881 g/mol. The van der Waals surface area contributed by atoms with Crippen molar-refractivity contribution < 1.29 is 52.0 Å². The van der Waals surface area contributed by atoms with E-state index in [1.165, 1.54) is 16.9 Å². The van der Waals surface area contributed by atoms with Crippen LogP contribution in [0.15, 0.2) is 79.9 Å². The molecule has 2 aliphatic rings. The van der Waals surface area contributed by atoms with Gasteiger partial charge < -0.3 is 47.3 Å². The molecule has 0 saturated carbocycles. The molecule has 0 unspecified atom stereocenters. The van der Waals surface area contributed by atoms with Crippen LogP contribution in [0.2, 0.25) is 18.1 Å². The summed E-state index contributed by atoms with van der Waals surface area (Å²) in [6, 6.07) is 14.8. The third-order valence-electron chi connectivity index (χ3n) is 13.7. The van der Waals surface area contributed by atoms with E-state index in [9.17, 15) is 9.59 Å². The highest BCUT2D eigenvalue weighted by molar-refractivity contribution is 6.74. The zero-order valence-electron chi connectivity index (χ0n) is 41.8. The zero-order valence-corrected chi connectivity index (χ0v) is 42.8. The lowest BCUT2D eigenvalue weighted by molar-refractivity contribution is -0.146. The summed E-state index contributed by atoms with van der Waals surface area (Å²) < 4.78 is 49.7. The highest BCUT2D eigenvalue weighted by Gasteiger charge is 2.47. The highest BCUT2D eigenvalue weighted by atomic mass is 28.4. The van der Waals surface area contributed by atoms with Gasteiger partial charge in [0.05, 0.1) is 53.7 Å². The largest absolute Gasteiger partial charge is 0.541 e. The van der Waals surface area contributed by atoms with Crippen LogP contribution in [0, 0.1) is 13.8 Å². The van der Waals surface area contributed by atoms with E-state index in [2.05, 4.69) is 59.2 Å². The summed E-state index contributed by atoms with van der Waals surface area (Å²) in [5, 5.41) is -0.163. The van der Waals surface area contributed by atoms with Crippen LogP contribution in [0.3, 0.4) is 0 Å². The maximum absolute atomic E-state index is 16.0. The minimum Gasteiger partial charge on any atom is -0.541 e. The van der Waals surface area contributed by atoms with E-state index in [1.54, 1.807) is 40.5 Å². The smallest absolute Gasteiger partial charge is 0.410 e. The molecular formula is C54H68N2O11Si. The Bertz CT molecular complexity index is 2460. The lowest BCUT2D eigenvalue weighted by Gasteiger charge is -2.44. The van der Waals surface area contributed by atoms with Gasteiger partial charge in [0.2, 0.25) is 5.91 Å². The van der Waals surface area contributed by atoms with Gasteiger partial charge in [0.15, 0.2) is 17.2 Å². The number of likely N-dealkylation sites (N-methyl/N-ethyl adjacent to an activating group) is 1. The Morgan fingerprint density at radius 3 is 1.94 bits per heavy atom. The summed E-state index contributed by atoms with van der Waals surface area (Å²) in [6.45, 7) is 22.4. The average molecular weight is 949 g/mol. The molecule has 2 amide bonds. The monoisotopic (exact) mass is 948 g/mol. The Morgan fingerprint density at radius 2 is 1.40 bits per heavy atom. The van der Waals surface area contributed by atoms with Crippen molar-refractivity contribution in [1.29, 1.82) is 0 Å². The van der Waals surface area contributed by atoms with Crippen LogP contribution in [0.1, 0.15) is 71.7 Å². The van der Waals surface area contributed by atoms with Gasteiger partial charge in [0.25, 0.3) is 8.32 Å². The van der Waals surface area contributed by atoms with Crippen molar-refractivity contribution in [3.05, 3.63) is 119 Å². The number of methoxy groups -OCH3 is 4. The van der Waals surface area contributed by atoms with E-state index in [0.29, 0.717) is 62.3 Å². The molecule has 0 saturated heterocycles. The first-order valence-corrected chi connectivity index (χ1v) is 25.8. The second kappa shape index (κ2) is 21.4. The van der Waals surface area contributed by atoms with Gasteiger partial charge in [-0.3, -0.25) is 9.69 Å². The quantitative estimate of drug-likeness (QED) is 0.0363. The van der Waals surface area contributed by atoms with Crippen molar-refractivity contribution in [1.82, 2.24) is 9.80 Å². The summed E-state index contributed by atoms with van der Waals surface area (Å²) >= 11 is 0. The number of amides is 2. The standard InChI is InChI=1S/C54H68N2O11Si/c1-15-25-64-32-44-46-41(48(61-10)34(4)50(63-12)51(46)65-26-16-2)29-36(30-57)56(44)52(58)43(27-35-28-45(67-68(13,14)54(5,6)7)49(62-11)33(3)47(35)60-9)55(8)53(59)66-31-42-39-23-19-17-21-37(39)38-22-18-20-24-40(38)42/h15-24,28,30,36,42-44H,1-2,25-27,29,31-32H2,3-14H3/t36-,43-,44-/m0/s1. The number of hydrogen-bond acceptors (Lipinski definition) is 11. The molecule has 1 aliphatic heterocycles. The number of hydrogen-bond donors (Lipinski definition) is 0. The molecule has 14 heteroatoms. The molecule has 0 aromatic heterocycles. The van der Waals surface area contributed by atoms with Gasteiger partial charge in [-0.2, -0.15) is 0 Å². The first-order chi connectivity index (χ1) is 32.4. The minimum atomic E-state index is -2.46. The Hall–Kier alpha value is -6.25. The van der Waals surface area contributed by atoms with E-state index in [-0.39, 0.29) is 50.2 Å². The van der Waals surface area contributed by atoms with Gasteiger partial charge in [-0.15, -0.1) is 6.58 Å². The second-order valence-electron chi connectivity index (χ2n) is 18.7. The number of nitrogens with zero attached hydrogens (tertiary/aromatic N) is 2. The third-order valence-corrected chi connectivity index (χ3v) is 18.1. The zero-order chi connectivity index (χ0) is 49.7. The van der Waals surface area contributed by atoms with Crippen molar-refractivity contribution in [3.8, 4) is 45.6 Å². The number of fused-ring (bicyclic) bond motifs is 4. The first kappa shape index (κ1) is 51.1. The van der Waals surface area contributed by atoms with Crippen LogP contribution in [-0.2, 0) is 31.9 Å². The molecule has 4 aromatic carbocycles. The summed E-state index contributed by atoms with van der Waals surface area (Å²) in [7, 11) is 5.30. The van der Waals surface area contributed by atoms with Crippen LogP contribution < -0.4 is 28.1 Å². The molecule has 3 atom stereocenters. The van der Waals surface area contributed by atoms with Gasteiger partial charge in [-0.25, -0.2) is 4.79 Å². The van der Waals surface area contributed by atoms with Crippen molar-refractivity contribution in [3.63, 3.8) is 0 Å². The van der Waals surface area contributed by atoms with Crippen LogP contribution in [0.4, 0.5) is 4.79 Å². The van der Waals surface area contributed by atoms with Crippen molar-refractivity contribution in [2.75, 3.05) is 61.9 Å². The van der Waals surface area contributed by atoms with E-state index >= 15 is 4.79 Å². The van der Waals surface area contributed by atoms with Crippen molar-refractivity contribution in [2.45, 2.75) is 89.6 Å². The molecule has 0 N–H and O–H groups in total. The molecule has 13 nitrogen and oxygen atoms in total. The minimum absolute atomic E-state index is 0.0165. The molecule has 0 radical (unpaired) electrons. The second-order valence-corrected chi connectivity index (χ2v) is 23.5. The van der Waals surface area contributed by atoms with Crippen LogP contribution in [-0.4, -0.2) is 110 Å². The van der Waals surface area contributed by atoms with Gasteiger partial charge in [0.1, 0.15) is 42.8 Å². The lowest BCUT2D eigenvalue weighted by Crippen LogP contribution is -2.57. The number of aldehydes is 1. The van der Waals surface area contributed by atoms with E-state index in [4.69, 9.17) is 37.6 Å². The van der Waals surface area contributed by atoms with E-state index in [1.807, 2.05) is 56.3 Å². The SMILES string of the molecule is C=CCOC[C@H]1c2c(c(OC)c(C)c(OC)c2OCC=C)C[C@@H](C=O)N1C(=O)[C@H](Cc1cc(O[Si](C)(C)C(C)(C)C)c(OC)c(C)c1OC)N(C)C(=O)OCC1c2ccccc2-c2ccccc21. The third kappa shape index (κ3) is 9.71. The summed E-state index contributed by atoms with van der Waals surface area (Å²) in [4.78, 5) is 47.1. The van der Waals surface area contributed by atoms with E-state index < -0.39 is 38.4 Å². The first-order valence-electron chi connectivity index (χ1n) is 22.9. The van der Waals surface area contributed by atoms with Crippen LogP contribution in [0.5, 0.6) is 34.5 Å². The molecule has 6 rings (SSSR count). The van der Waals surface area contributed by atoms with Gasteiger partial charge in [0, 0.05) is 53.6 Å². The van der Waals surface area contributed by atoms with Gasteiger partial charge in [-0.1, -0.05) is 88.0 Å². The number of carbonyl (C=O) groups is 3. The lowest BCUT2D eigenvalue weighted by atomic mass is 9.84. The molecule has 0 fully saturated rings. The van der Waals surface area contributed by atoms with E-state index in [0.717, 1.165) is 28.5 Å². The predicted octanol–water partition coefficient (Wildman–Crippen LogP) is 9.97. The number of ether oxygens (including phenoxy) is 7. The fraction of sp³-hybridized carbons (Fsp3) is 0.426. The van der Waals surface area contributed by atoms with Crippen LogP contribution in [0.25, 0.3) is 11.1 Å². The highest BCUT2D eigenvalue weighted by Crippen LogP contribution is 2.52. The Kier molecular flexibility index (Phi) is 16.1. The topological polar surface area (TPSA) is 132 Å². The number of rotatable bonds is 20. The molecule has 4 aromatic rings. The summed E-state index contributed by atoms with van der Waals surface area (Å²) in [5.74, 6) is 1.91. The van der Waals surface area contributed by atoms with Crippen molar-refractivity contribution in [2.24, 2.45) is 0 Å². The number of carbonyl (C=O) groups excluding carboxylic acids is 3. The Morgan fingerprint density at radius 1 is 0.824 bits per heavy atom. The predicted molar refractivity (Wildman–Crippen MR) is 267 cm³/mol. The molecule has 0 bridgehead atoms. The van der Waals surface area contributed by atoms with Crippen LogP contribution >= 0.6 is 0 Å². The maximum Gasteiger partial charge on any atom is 0.410 e. The molecule has 1 aliphatic carbocycles. The molecule has 68 heavy (non-hydrogen) atoms. The Labute approximate surface area is 403 Å². The maximum atomic E-state index is 16.0. The fourth-order valence-electron chi connectivity index (χ4n) is 9.38. The summed E-state index contributed by atoms with van der Waals surface area (Å²) in [6.07, 6.45) is 3.23. The Balaban J connectivity index is 1.52. The normalized spacial score (nSPS) is 15.8. The average Bonchev–Trinajstić information content (AvgIpc) is 3.63.